The van der Waals surface area contributed by atoms with Gasteiger partial charge in [-0.3, -0.25) is 0 Å². The monoisotopic (exact) mass is 353 g/mol. The summed E-state index contributed by atoms with van der Waals surface area (Å²) in [4.78, 5) is 28.1. The zero-order valence-electron chi connectivity index (χ0n) is 14.8. The van der Waals surface area contributed by atoms with E-state index >= 15 is 0 Å². The fraction of sp³-hybridized carbons (Fsp3) is 0.250. The molecule has 0 spiro atoms. The summed E-state index contributed by atoms with van der Waals surface area (Å²) in [6, 6.07) is 10.5. The number of carbonyl (C=O) groups is 2. The summed E-state index contributed by atoms with van der Waals surface area (Å²) < 4.78 is 11.0. The van der Waals surface area contributed by atoms with E-state index in [1.54, 1.807) is 49.4 Å². The predicted molar refractivity (Wildman–Crippen MR) is 96.4 cm³/mol. The highest BCUT2D eigenvalue weighted by Crippen LogP contribution is 2.25. The van der Waals surface area contributed by atoms with E-state index in [9.17, 15) is 9.59 Å². The molecule has 0 N–H and O–H groups in total. The van der Waals surface area contributed by atoms with Gasteiger partial charge in [0.25, 0.3) is 0 Å². The van der Waals surface area contributed by atoms with Crippen LogP contribution in [0, 0.1) is 5.92 Å². The third kappa shape index (κ3) is 3.91. The maximum atomic E-state index is 11.9. The maximum absolute atomic E-state index is 11.9. The molecule has 1 aliphatic rings. The van der Waals surface area contributed by atoms with Crippen LogP contribution in [0.2, 0.25) is 0 Å². The predicted octanol–water partition coefficient (Wildman–Crippen LogP) is 4.08. The molecule has 0 radical (unpaired) electrons. The molecule has 0 saturated carbocycles. The van der Waals surface area contributed by atoms with Crippen LogP contribution in [-0.2, 0) is 14.4 Å². The van der Waals surface area contributed by atoms with Crippen molar-refractivity contribution in [3.05, 3.63) is 53.3 Å². The zero-order chi connectivity index (χ0) is 18.7. The number of esters is 1. The first-order chi connectivity index (χ1) is 12.4. The number of carbonyl (C=O) groups excluding carboxylic acids is 2. The Labute approximate surface area is 151 Å². The van der Waals surface area contributed by atoms with Crippen LogP contribution in [0.5, 0.6) is 0 Å². The summed E-state index contributed by atoms with van der Waals surface area (Å²) in [7, 11) is 0. The fourth-order valence-electron chi connectivity index (χ4n) is 2.34. The van der Waals surface area contributed by atoms with E-state index in [-0.39, 0.29) is 5.97 Å². The second kappa shape index (κ2) is 7.39. The smallest absolute Gasteiger partial charge is 0.367 e. The molecule has 3 rings (SSSR count). The van der Waals surface area contributed by atoms with Crippen LogP contribution in [-0.4, -0.2) is 24.3 Å². The Morgan fingerprint density at radius 2 is 1.92 bits per heavy atom. The number of hydrogen-bond donors (Lipinski definition) is 0. The number of hydrogen-bond acceptors (Lipinski definition) is 6. The van der Waals surface area contributed by atoms with E-state index in [1.165, 1.54) is 0 Å². The molecule has 0 unspecified atom stereocenters. The van der Waals surface area contributed by atoms with Crippen molar-refractivity contribution in [2.45, 2.75) is 20.8 Å². The number of nitrogens with zero attached hydrogens (tertiary/aromatic N) is 1. The van der Waals surface area contributed by atoms with Crippen molar-refractivity contribution < 1.29 is 23.6 Å². The topological polar surface area (TPSA) is 78.1 Å². The van der Waals surface area contributed by atoms with Crippen molar-refractivity contribution in [2.24, 2.45) is 11.1 Å². The van der Waals surface area contributed by atoms with Gasteiger partial charge in [0.05, 0.1) is 23.5 Å². The molecule has 1 aromatic heterocycles. The van der Waals surface area contributed by atoms with Crippen LogP contribution in [0.4, 0.5) is 0 Å². The van der Waals surface area contributed by atoms with E-state index in [2.05, 4.69) is 9.99 Å². The third-order valence-corrected chi connectivity index (χ3v) is 3.74. The molecule has 1 aliphatic heterocycles. The number of oxime groups is 1. The van der Waals surface area contributed by atoms with Crippen LogP contribution in [0.3, 0.4) is 0 Å². The minimum Gasteiger partial charge on any atom is -0.462 e. The minimum atomic E-state index is -0.496. The average molecular weight is 353 g/mol. The number of ether oxygens (including phenoxy) is 1. The first-order valence-electron chi connectivity index (χ1n) is 8.29. The third-order valence-electron chi connectivity index (χ3n) is 3.74. The molecule has 6 nitrogen and oxygen atoms in total. The lowest BCUT2D eigenvalue weighted by Gasteiger charge is -2.07. The molecular formula is C20H19NO5. The molecule has 2 heterocycles. The Bertz CT molecular complexity index is 887. The van der Waals surface area contributed by atoms with Crippen LogP contribution in [0.25, 0.3) is 17.4 Å². The molecule has 134 valence electrons. The van der Waals surface area contributed by atoms with Gasteiger partial charge in [0.2, 0.25) is 0 Å². The number of benzene rings is 1. The average Bonchev–Trinajstić information content (AvgIpc) is 3.22. The number of rotatable bonds is 5. The van der Waals surface area contributed by atoms with Gasteiger partial charge in [0.1, 0.15) is 11.5 Å². The second-order valence-corrected chi connectivity index (χ2v) is 6.39. The summed E-state index contributed by atoms with van der Waals surface area (Å²) in [6.07, 6.45) is 1.59. The van der Waals surface area contributed by atoms with Crippen molar-refractivity contribution in [1.82, 2.24) is 0 Å². The van der Waals surface area contributed by atoms with Gasteiger partial charge in [-0.15, -0.1) is 0 Å². The molecule has 6 heteroatoms. The van der Waals surface area contributed by atoms with Crippen molar-refractivity contribution in [3.63, 3.8) is 0 Å². The van der Waals surface area contributed by atoms with Gasteiger partial charge < -0.3 is 14.0 Å². The van der Waals surface area contributed by atoms with Crippen LogP contribution < -0.4 is 0 Å². The Hall–Kier alpha value is -3.15. The summed E-state index contributed by atoms with van der Waals surface area (Å²) in [5, 5.41) is 3.63. The molecule has 0 aliphatic carbocycles. The number of furan rings is 1. The lowest BCUT2D eigenvalue weighted by atomic mass is 10.1. The molecule has 26 heavy (non-hydrogen) atoms. The zero-order valence-corrected chi connectivity index (χ0v) is 14.8. The van der Waals surface area contributed by atoms with Crippen LogP contribution in [0.15, 0.2) is 51.5 Å². The maximum Gasteiger partial charge on any atom is 0.367 e. The molecule has 1 aromatic carbocycles. The highest BCUT2D eigenvalue weighted by Gasteiger charge is 2.22. The lowest BCUT2D eigenvalue weighted by Crippen LogP contribution is -2.09. The molecule has 2 aromatic rings. The summed E-state index contributed by atoms with van der Waals surface area (Å²) in [5.41, 5.74) is 2.18. The van der Waals surface area contributed by atoms with Crippen molar-refractivity contribution in [1.29, 1.82) is 0 Å². The fourth-order valence-corrected chi connectivity index (χ4v) is 2.34. The standard InChI is InChI=1S/C20H19NO5/c1-12(2)11-24-19(22)15-6-4-14(5-7-15)18-9-8-16(25-18)10-17-13(3)21-26-20(17)23/h4-10,12H,11H2,1-3H3/b17-10-. The summed E-state index contributed by atoms with van der Waals surface area (Å²) in [5.74, 6) is 0.595. The highest BCUT2D eigenvalue weighted by molar-refractivity contribution is 6.24. The van der Waals surface area contributed by atoms with Gasteiger partial charge in [-0.2, -0.15) is 0 Å². The van der Waals surface area contributed by atoms with E-state index in [4.69, 9.17) is 9.15 Å². The first kappa shape index (κ1) is 17.7. The van der Waals surface area contributed by atoms with Crippen LogP contribution in [0.1, 0.15) is 36.9 Å². The quantitative estimate of drug-likeness (QED) is 0.460. The van der Waals surface area contributed by atoms with Gasteiger partial charge in [-0.25, -0.2) is 9.59 Å². The van der Waals surface area contributed by atoms with Crippen molar-refractivity contribution in [3.8, 4) is 11.3 Å². The van der Waals surface area contributed by atoms with E-state index < -0.39 is 5.97 Å². The van der Waals surface area contributed by atoms with Gasteiger partial charge in [0.15, 0.2) is 0 Å². The molecule has 0 amide bonds. The summed E-state index contributed by atoms with van der Waals surface area (Å²) >= 11 is 0. The lowest BCUT2D eigenvalue weighted by molar-refractivity contribution is -0.136. The van der Waals surface area contributed by atoms with Gasteiger partial charge in [0, 0.05) is 5.56 Å². The first-order valence-corrected chi connectivity index (χ1v) is 8.29. The SMILES string of the molecule is CC1=NOC(=O)/C1=C\c1ccc(-c2ccc(C(=O)OCC(C)C)cc2)o1. The van der Waals surface area contributed by atoms with Crippen LogP contribution >= 0.6 is 0 Å². The minimum absolute atomic E-state index is 0.291. The van der Waals surface area contributed by atoms with Crippen molar-refractivity contribution in [2.75, 3.05) is 6.61 Å². The Morgan fingerprint density at radius 3 is 2.54 bits per heavy atom. The van der Waals surface area contributed by atoms with Crippen molar-refractivity contribution >= 4 is 23.7 Å². The molecular weight excluding hydrogens is 334 g/mol. The molecule has 0 bridgehead atoms. The molecule has 0 fully saturated rings. The highest BCUT2D eigenvalue weighted by atomic mass is 16.7. The normalized spacial score (nSPS) is 15.3. The Morgan fingerprint density at radius 1 is 1.19 bits per heavy atom. The largest absolute Gasteiger partial charge is 0.462 e. The molecule has 0 atom stereocenters. The van der Waals surface area contributed by atoms with Gasteiger partial charge in [-0.1, -0.05) is 31.1 Å². The van der Waals surface area contributed by atoms with E-state index in [0.717, 1.165) is 5.56 Å². The molecule has 0 saturated heterocycles. The summed E-state index contributed by atoms with van der Waals surface area (Å²) in [6.45, 7) is 6.05. The Balaban J connectivity index is 1.74. The van der Waals surface area contributed by atoms with Gasteiger partial charge >= 0.3 is 11.9 Å². The van der Waals surface area contributed by atoms with E-state index in [1.807, 2.05) is 13.8 Å². The Kier molecular flexibility index (Phi) is 5.02. The van der Waals surface area contributed by atoms with Gasteiger partial charge in [-0.05, 0) is 43.2 Å². The second-order valence-electron chi connectivity index (χ2n) is 6.39. The van der Waals surface area contributed by atoms with E-state index in [0.29, 0.717) is 40.9 Å².